The summed E-state index contributed by atoms with van der Waals surface area (Å²) >= 11 is 0. The molecular formula is C10H18. The second-order valence-electron chi connectivity index (χ2n) is 5.10. The molecule has 0 saturated heterocycles. The van der Waals surface area contributed by atoms with E-state index in [2.05, 4.69) is 27.7 Å². The van der Waals surface area contributed by atoms with E-state index in [1.165, 1.54) is 6.42 Å². The standard InChI is InChI=1S/C10H18/c1-6-7(2)9-8(6)5-10(9,3)4/h6-9H,5H2,1-4H3/t6?,7?,8?,9-/m1/s1. The SMILES string of the molecule is CC1C(C)[C@@H]2C1CC2(C)C. The second-order valence-corrected chi connectivity index (χ2v) is 5.10. The number of rotatable bonds is 0. The Kier molecular flexibility index (Phi) is 1.07. The fourth-order valence-corrected chi connectivity index (χ4v) is 3.48. The lowest BCUT2D eigenvalue weighted by atomic mass is 9.38. The fourth-order valence-electron chi connectivity index (χ4n) is 3.48. The first kappa shape index (κ1) is 6.69. The average molecular weight is 138 g/mol. The predicted octanol–water partition coefficient (Wildman–Crippen LogP) is 2.93. The lowest BCUT2D eigenvalue weighted by Crippen LogP contribution is -2.60. The highest BCUT2D eigenvalue weighted by Crippen LogP contribution is 2.66. The highest BCUT2D eigenvalue weighted by molar-refractivity contribution is 5.08. The molecule has 2 rings (SSSR count). The van der Waals surface area contributed by atoms with Gasteiger partial charge in [0.1, 0.15) is 0 Å². The Morgan fingerprint density at radius 1 is 1.10 bits per heavy atom. The highest BCUT2D eigenvalue weighted by Gasteiger charge is 2.60. The van der Waals surface area contributed by atoms with Crippen molar-refractivity contribution in [1.82, 2.24) is 0 Å². The summed E-state index contributed by atoms with van der Waals surface area (Å²) in [6, 6.07) is 0. The van der Waals surface area contributed by atoms with Crippen LogP contribution in [-0.4, -0.2) is 0 Å². The molecule has 2 aliphatic rings. The van der Waals surface area contributed by atoms with Crippen LogP contribution in [0.1, 0.15) is 34.1 Å². The van der Waals surface area contributed by atoms with Crippen molar-refractivity contribution in [2.24, 2.45) is 29.1 Å². The summed E-state index contributed by atoms with van der Waals surface area (Å²) < 4.78 is 0. The molecule has 4 atom stereocenters. The Balaban J connectivity index is 2.08. The van der Waals surface area contributed by atoms with Gasteiger partial charge in [-0.15, -0.1) is 0 Å². The van der Waals surface area contributed by atoms with E-state index in [-0.39, 0.29) is 0 Å². The van der Waals surface area contributed by atoms with Crippen LogP contribution in [0.3, 0.4) is 0 Å². The quantitative estimate of drug-likeness (QED) is 0.483. The smallest absolute Gasteiger partial charge is 0.0303 e. The molecule has 0 spiro atoms. The summed E-state index contributed by atoms with van der Waals surface area (Å²) in [6.45, 7) is 9.70. The Labute approximate surface area is 64.0 Å². The van der Waals surface area contributed by atoms with Crippen LogP contribution in [0.2, 0.25) is 0 Å². The summed E-state index contributed by atoms with van der Waals surface area (Å²) in [5, 5.41) is 0. The normalized spacial score (nSPS) is 56.4. The molecule has 0 aromatic heterocycles. The van der Waals surface area contributed by atoms with Gasteiger partial charge in [-0.05, 0) is 35.5 Å². The van der Waals surface area contributed by atoms with E-state index in [4.69, 9.17) is 0 Å². The third kappa shape index (κ3) is 0.538. The second kappa shape index (κ2) is 1.60. The third-order valence-electron chi connectivity index (χ3n) is 4.20. The van der Waals surface area contributed by atoms with Crippen molar-refractivity contribution in [1.29, 1.82) is 0 Å². The van der Waals surface area contributed by atoms with Crippen molar-refractivity contribution in [2.75, 3.05) is 0 Å². The van der Waals surface area contributed by atoms with Gasteiger partial charge in [0, 0.05) is 0 Å². The molecule has 0 amide bonds. The van der Waals surface area contributed by atoms with Gasteiger partial charge in [-0.25, -0.2) is 0 Å². The lowest BCUT2D eigenvalue weighted by Gasteiger charge is -2.67. The molecule has 0 aromatic carbocycles. The minimum atomic E-state index is 0.691. The van der Waals surface area contributed by atoms with Crippen molar-refractivity contribution in [3.05, 3.63) is 0 Å². The topological polar surface area (TPSA) is 0 Å². The van der Waals surface area contributed by atoms with Gasteiger partial charge in [0.05, 0.1) is 0 Å². The van der Waals surface area contributed by atoms with Gasteiger partial charge < -0.3 is 0 Å². The van der Waals surface area contributed by atoms with Crippen molar-refractivity contribution in [3.63, 3.8) is 0 Å². The van der Waals surface area contributed by atoms with Gasteiger partial charge in [-0.3, -0.25) is 0 Å². The minimum absolute atomic E-state index is 0.691. The predicted molar refractivity (Wildman–Crippen MR) is 43.7 cm³/mol. The van der Waals surface area contributed by atoms with Crippen LogP contribution in [-0.2, 0) is 0 Å². The summed E-state index contributed by atoms with van der Waals surface area (Å²) in [7, 11) is 0. The van der Waals surface area contributed by atoms with Crippen LogP contribution in [0.4, 0.5) is 0 Å². The molecule has 10 heavy (non-hydrogen) atoms. The maximum Gasteiger partial charge on any atom is -0.0303 e. The van der Waals surface area contributed by atoms with Crippen LogP contribution in [0.15, 0.2) is 0 Å². The van der Waals surface area contributed by atoms with Gasteiger partial charge in [-0.2, -0.15) is 0 Å². The average Bonchev–Trinajstić information content (AvgIpc) is 1.83. The highest BCUT2D eigenvalue weighted by atomic mass is 14.6. The monoisotopic (exact) mass is 138 g/mol. The van der Waals surface area contributed by atoms with Gasteiger partial charge in [0.2, 0.25) is 0 Å². The molecule has 2 aliphatic carbocycles. The van der Waals surface area contributed by atoms with Gasteiger partial charge in [0.25, 0.3) is 0 Å². The van der Waals surface area contributed by atoms with E-state index in [9.17, 15) is 0 Å². The number of fused-ring (bicyclic) bond motifs is 1. The molecule has 0 N–H and O–H groups in total. The zero-order chi connectivity index (χ0) is 7.52. The first-order valence-electron chi connectivity index (χ1n) is 4.54. The summed E-state index contributed by atoms with van der Waals surface area (Å²) in [6.07, 6.45) is 1.49. The van der Waals surface area contributed by atoms with E-state index in [1.807, 2.05) is 0 Å². The van der Waals surface area contributed by atoms with E-state index in [0.29, 0.717) is 5.41 Å². The van der Waals surface area contributed by atoms with Gasteiger partial charge >= 0.3 is 0 Å². The molecular weight excluding hydrogens is 120 g/mol. The first-order chi connectivity index (χ1) is 4.54. The van der Waals surface area contributed by atoms with Crippen LogP contribution in [0.25, 0.3) is 0 Å². The maximum atomic E-state index is 2.43. The molecule has 0 radical (unpaired) electrons. The Morgan fingerprint density at radius 3 is 2.00 bits per heavy atom. The Morgan fingerprint density at radius 2 is 1.70 bits per heavy atom. The van der Waals surface area contributed by atoms with Gasteiger partial charge in [-0.1, -0.05) is 27.7 Å². The zero-order valence-corrected chi connectivity index (χ0v) is 7.52. The summed E-state index contributed by atoms with van der Waals surface area (Å²) in [5.41, 5.74) is 0.691. The van der Waals surface area contributed by atoms with E-state index in [1.54, 1.807) is 0 Å². The first-order valence-corrected chi connectivity index (χ1v) is 4.54. The molecule has 0 aliphatic heterocycles. The van der Waals surface area contributed by atoms with Crippen molar-refractivity contribution >= 4 is 0 Å². The van der Waals surface area contributed by atoms with Gasteiger partial charge in [0.15, 0.2) is 0 Å². The minimum Gasteiger partial charge on any atom is -0.0620 e. The molecule has 0 aromatic rings. The molecule has 0 nitrogen and oxygen atoms in total. The summed E-state index contributed by atoms with van der Waals surface area (Å²) in [5.74, 6) is 4.21. The molecule has 2 saturated carbocycles. The molecule has 0 bridgehead atoms. The van der Waals surface area contributed by atoms with Crippen molar-refractivity contribution < 1.29 is 0 Å². The number of hydrogen-bond acceptors (Lipinski definition) is 0. The Hall–Kier alpha value is 0. The zero-order valence-electron chi connectivity index (χ0n) is 7.52. The van der Waals surface area contributed by atoms with Crippen LogP contribution >= 0.6 is 0 Å². The van der Waals surface area contributed by atoms with E-state index in [0.717, 1.165) is 23.7 Å². The lowest BCUT2D eigenvalue weighted by molar-refractivity contribution is -0.184. The van der Waals surface area contributed by atoms with Crippen LogP contribution in [0, 0.1) is 29.1 Å². The maximum absolute atomic E-state index is 2.43. The molecule has 58 valence electrons. The number of hydrogen-bond donors (Lipinski definition) is 0. The van der Waals surface area contributed by atoms with Crippen LogP contribution in [0.5, 0.6) is 0 Å². The largest absolute Gasteiger partial charge is 0.0620 e. The molecule has 2 fully saturated rings. The third-order valence-corrected chi connectivity index (χ3v) is 4.20. The molecule has 0 heteroatoms. The molecule has 0 heterocycles. The van der Waals surface area contributed by atoms with E-state index >= 15 is 0 Å². The van der Waals surface area contributed by atoms with Crippen molar-refractivity contribution in [2.45, 2.75) is 34.1 Å². The van der Waals surface area contributed by atoms with Crippen molar-refractivity contribution in [3.8, 4) is 0 Å². The Bertz CT molecular complexity index is 151. The molecule has 3 unspecified atom stereocenters. The van der Waals surface area contributed by atoms with Crippen LogP contribution < -0.4 is 0 Å². The van der Waals surface area contributed by atoms with E-state index < -0.39 is 0 Å². The fraction of sp³-hybridized carbons (Fsp3) is 1.00. The summed E-state index contributed by atoms with van der Waals surface area (Å²) in [4.78, 5) is 0.